The molecule has 0 aliphatic carbocycles. The molecular formula is C52H98N3O31P. The Kier molecular flexibility index (Phi) is 40.7. The first-order valence-electron chi connectivity index (χ1n) is 29.1. The second kappa shape index (κ2) is 45.0. The van der Waals surface area contributed by atoms with Crippen molar-refractivity contribution in [2.24, 2.45) is 17.3 Å². The van der Waals surface area contributed by atoms with E-state index in [0.717, 1.165) is 0 Å². The fourth-order valence-electron chi connectivity index (χ4n) is 8.45. The molecule has 3 rings (SSSR count). The summed E-state index contributed by atoms with van der Waals surface area (Å²) in [5.41, 5.74) is -0.755. The average molecular weight is 1290 g/mol. The Morgan fingerprint density at radius 2 is 0.724 bits per heavy atom. The van der Waals surface area contributed by atoms with Crippen LogP contribution in [0.15, 0.2) is 0 Å². The predicted octanol–water partition coefficient (Wildman–Crippen LogP) is -6.22. The van der Waals surface area contributed by atoms with Crippen molar-refractivity contribution in [1.82, 2.24) is 16.0 Å². The summed E-state index contributed by atoms with van der Waals surface area (Å²) in [5.74, 6) is -1.87. The number of amides is 3. The third-order valence-corrected chi connectivity index (χ3v) is 14.1. The van der Waals surface area contributed by atoms with Crippen molar-refractivity contribution < 1.29 is 150 Å². The summed E-state index contributed by atoms with van der Waals surface area (Å²) in [4.78, 5) is 55.5. The van der Waals surface area contributed by atoms with E-state index >= 15 is 0 Å². The highest BCUT2D eigenvalue weighted by Gasteiger charge is 2.46. The van der Waals surface area contributed by atoms with E-state index in [9.17, 15) is 64.9 Å². The van der Waals surface area contributed by atoms with Crippen molar-refractivity contribution in [3.63, 3.8) is 0 Å². The summed E-state index contributed by atoms with van der Waals surface area (Å²) < 4.78 is 98.8. The second-order valence-corrected chi connectivity index (χ2v) is 22.2. The van der Waals surface area contributed by atoms with Gasteiger partial charge in [-0.05, 0) is 0 Å². The zero-order chi connectivity index (χ0) is 64.0. The summed E-state index contributed by atoms with van der Waals surface area (Å²) in [5, 5.41) is 97.6. The van der Waals surface area contributed by atoms with Gasteiger partial charge in [0, 0.05) is 56.1 Å². The molecule has 15 unspecified atom stereocenters. The Hall–Kier alpha value is -2.44. The first kappa shape index (κ1) is 78.8. The Balaban J connectivity index is 1.27. The summed E-state index contributed by atoms with van der Waals surface area (Å²) in [6.45, 7) is 7.19. The molecular weight excluding hydrogens is 1190 g/mol. The van der Waals surface area contributed by atoms with Crippen LogP contribution in [0.2, 0.25) is 0 Å². The van der Waals surface area contributed by atoms with E-state index in [2.05, 4.69) is 20.5 Å². The molecule has 0 aromatic carbocycles. The molecule has 0 bridgehead atoms. The number of carbonyl (C=O) groups excluding carboxylic acids is 3. The van der Waals surface area contributed by atoms with Crippen LogP contribution in [0.25, 0.3) is 0 Å². The normalized spacial score (nSPS) is 28.5. The van der Waals surface area contributed by atoms with Crippen LogP contribution in [0.5, 0.6) is 0 Å². The zero-order valence-corrected chi connectivity index (χ0v) is 50.8. The van der Waals surface area contributed by atoms with Crippen LogP contribution in [0.3, 0.4) is 0 Å². The maximum atomic E-state index is 12.6. The number of carbonyl (C=O) groups is 3. The lowest BCUT2D eigenvalue weighted by Gasteiger charge is -2.40. The maximum absolute atomic E-state index is 12.6. The number of hydrogen-bond donors (Lipinski definition) is 14. The first-order valence-corrected chi connectivity index (χ1v) is 30.6. The summed E-state index contributed by atoms with van der Waals surface area (Å²) in [6.07, 6.45) is -16.0. The highest BCUT2D eigenvalue weighted by molar-refractivity contribution is 7.46. The molecule has 34 nitrogen and oxygen atoms in total. The predicted molar refractivity (Wildman–Crippen MR) is 295 cm³/mol. The van der Waals surface area contributed by atoms with Crippen molar-refractivity contribution >= 4 is 25.5 Å². The van der Waals surface area contributed by atoms with Crippen LogP contribution < -0.4 is 16.0 Å². The van der Waals surface area contributed by atoms with Gasteiger partial charge in [-0.3, -0.25) is 18.9 Å². The van der Waals surface area contributed by atoms with Crippen molar-refractivity contribution in [2.75, 3.05) is 178 Å². The summed E-state index contributed by atoms with van der Waals surface area (Å²) in [6, 6.07) is 0. The summed E-state index contributed by atoms with van der Waals surface area (Å²) in [7, 11) is -4.89. The lowest BCUT2D eigenvalue weighted by molar-refractivity contribution is -0.301. The molecule has 0 aromatic rings. The number of nitrogens with one attached hydrogen (secondary N) is 3. The van der Waals surface area contributed by atoms with Gasteiger partial charge in [0.15, 0.2) is 18.9 Å². The number of ether oxygens (including phenoxy) is 15. The van der Waals surface area contributed by atoms with E-state index in [1.54, 1.807) is 13.8 Å². The molecule has 0 radical (unpaired) electrons. The fourth-order valence-corrected chi connectivity index (χ4v) is 8.79. The Morgan fingerprint density at radius 3 is 1.07 bits per heavy atom. The monoisotopic (exact) mass is 1290 g/mol. The molecule has 87 heavy (non-hydrogen) atoms. The maximum Gasteiger partial charge on any atom is 0.469 e. The highest BCUT2D eigenvalue weighted by atomic mass is 31.2. The lowest BCUT2D eigenvalue weighted by atomic mass is 9.92. The molecule has 3 saturated heterocycles. The van der Waals surface area contributed by atoms with Crippen LogP contribution in [0, 0.1) is 17.3 Å². The van der Waals surface area contributed by atoms with Crippen LogP contribution in [0.4, 0.5) is 0 Å². The van der Waals surface area contributed by atoms with Crippen molar-refractivity contribution in [1.29, 1.82) is 0 Å². The summed E-state index contributed by atoms with van der Waals surface area (Å²) >= 11 is 0. The molecule has 0 spiro atoms. The fraction of sp³-hybridized carbons (Fsp3) is 0.942. The topological polar surface area (TPSA) is 475 Å². The van der Waals surface area contributed by atoms with Crippen LogP contribution in [0.1, 0.15) is 40.0 Å². The molecule has 3 aliphatic heterocycles. The SMILES string of the molecule is CC1C(OCCOCCOCCNC(=O)CCOCC(C)(COCCC(=O)NCCOCCOCCOC2OC(CO)C(O)C(O)C2C)COCCC(=O)NCCOCCOCCOC2OC(COP(=O)(O)O)C(O)C(O)C2O)OC(CO)C(O)C1O. The van der Waals surface area contributed by atoms with E-state index < -0.39 is 125 Å². The first-order chi connectivity index (χ1) is 41.6. The Morgan fingerprint density at radius 1 is 0.414 bits per heavy atom. The minimum absolute atomic E-state index is 0.0106. The van der Waals surface area contributed by atoms with E-state index in [-0.39, 0.29) is 195 Å². The Bertz CT molecular complexity index is 1790. The Labute approximate surface area is 506 Å². The number of aliphatic hydroxyl groups excluding tert-OH is 9. The third kappa shape index (κ3) is 32.6. The van der Waals surface area contributed by atoms with Crippen LogP contribution in [-0.2, 0) is 94.5 Å². The van der Waals surface area contributed by atoms with E-state index in [1.807, 2.05) is 6.92 Å². The van der Waals surface area contributed by atoms with Gasteiger partial charge in [0.05, 0.1) is 171 Å². The van der Waals surface area contributed by atoms with Gasteiger partial charge in [-0.1, -0.05) is 20.8 Å². The number of hydrogen-bond acceptors (Lipinski definition) is 29. The lowest BCUT2D eigenvalue weighted by Crippen LogP contribution is -2.59. The van der Waals surface area contributed by atoms with Crippen LogP contribution in [-0.4, -0.2) is 332 Å². The number of phosphoric acid groups is 1. The standard InChI is InChI=1S/C52H98N3O31P/c1-34-42(61)44(63)36(28-56)84-49(34)80-25-22-74-19-16-71-13-7-53-39(58)4-10-77-31-52(3,32-78-11-5-40(59)54-8-14-72-17-20-75-23-26-81-50-35(2)43(62)45(64)37(29-57)85-50)33-79-12-6-41(60)55-9-15-73-18-21-76-24-27-82-51-48(67)47(66)46(65)38(86-51)30-83-87(68,69)70/h34-38,42-51,56-57,61-67H,4-33H2,1-3H3,(H,53,58)(H,54,59)(H,55,60)(H2,68,69,70). The minimum atomic E-state index is -4.89. The second-order valence-electron chi connectivity index (χ2n) is 21.0. The molecule has 3 aliphatic rings. The molecule has 3 fully saturated rings. The molecule has 512 valence electrons. The molecule has 3 amide bonds. The van der Waals surface area contributed by atoms with Crippen molar-refractivity contribution in [3.8, 4) is 0 Å². The molecule has 35 heteroatoms. The zero-order valence-electron chi connectivity index (χ0n) is 49.9. The van der Waals surface area contributed by atoms with Crippen molar-refractivity contribution in [3.05, 3.63) is 0 Å². The average Bonchev–Trinajstić information content (AvgIpc) is 3.03. The van der Waals surface area contributed by atoms with E-state index in [0.29, 0.717) is 0 Å². The molecule has 3 heterocycles. The molecule has 14 N–H and O–H groups in total. The number of aliphatic hydroxyl groups is 9. The van der Waals surface area contributed by atoms with Crippen molar-refractivity contribution in [2.45, 2.75) is 120 Å². The van der Waals surface area contributed by atoms with E-state index in [4.69, 9.17) is 80.8 Å². The van der Waals surface area contributed by atoms with Gasteiger partial charge < -0.3 is 143 Å². The molecule has 0 aromatic heterocycles. The molecule has 15 atom stereocenters. The van der Waals surface area contributed by atoms with Gasteiger partial charge >= 0.3 is 7.82 Å². The molecule has 0 saturated carbocycles. The highest BCUT2D eigenvalue weighted by Crippen LogP contribution is 2.37. The third-order valence-electron chi connectivity index (χ3n) is 13.6. The van der Waals surface area contributed by atoms with Gasteiger partial charge in [-0.25, -0.2) is 4.57 Å². The smallest absolute Gasteiger partial charge is 0.394 e. The van der Waals surface area contributed by atoms with Gasteiger partial charge in [-0.15, -0.1) is 0 Å². The quantitative estimate of drug-likeness (QED) is 0.0199. The largest absolute Gasteiger partial charge is 0.469 e. The van der Waals surface area contributed by atoms with Gasteiger partial charge in [-0.2, -0.15) is 0 Å². The van der Waals surface area contributed by atoms with Gasteiger partial charge in [0.1, 0.15) is 48.8 Å². The number of phosphoric ester groups is 1. The van der Waals surface area contributed by atoms with Gasteiger partial charge in [0.25, 0.3) is 0 Å². The van der Waals surface area contributed by atoms with Gasteiger partial charge in [0.2, 0.25) is 17.7 Å². The minimum Gasteiger partial charge on any atom is -0.394 e. The van der Waals surface area contributed by atoms with E-state index in [1.165, 1.54) is 0 Å². The number of rotatable bonds is 50. The van der Waals surface area contributed by atoms with Crippen LogP contribution >= 0.6 is 7.82 Å².